The van der Waals surface area contributed by atoms with Gasteiger partial charge in [0.1, 0.15) is 11.6 Å². The minimum absolute atomic E-state index is 0.00844. The van der Waals surface area contributed by atoms with Crippen LogP contribution < -0.4 is 0 Å². The molecule has 0 aliphatic rings. The van der Waals surface area contributed by atoms with Crippen LogP contribution in [0.2, 0.25) is 5.02 Å². The minimum atomic E-state index is -0.604. The van der Waals surface area contributed by atoms with Crippen molar-refractivity contribution >= 4 is 23.1 Å². The maximum atomic E-state index is 11.5. The van der Waals surface area contributed by atoms with E-state index in [0.29, 0.717) is 10.6 Å². The third-order valence-electron chi connectivity index (χ3n) is 2.22. The molecule has 0 fully saturated rings. The molecule has 0 aliphatic heterocycles. The van der Waals surface area contributed by atoms with Crippen molar-refractivity contribution in [1.29, 1.82) is 5.26 Å². The summed E-state index contributed by atoms with van der Waals surface area (Å²) >= 11 is 5.86. The number of hydrogen-bond donors (Lipinski definition) is 0. The number of rotatable bonds is 3. The first kappa shape index (κ1) is 13.3. The monoisotopic (exact) mass is 249 g/mol. The zero-order chi connectivity index (χ0) is 12.8. The van der Waals surface area contributed by atoms with Crippen molar-refractivity contribution in [1.82, 2.24) is 0 Å². The zero-order valence-electron chi connectivity index (χ0n) is 9.66. The molecule has 17 heavy (non-hydrogen) atoms. The lowest BCUT2D eigenvalue weighted by atomic mass is 10.0. The number of carbonyl (C=O) groups is 1. The average molecular weight is 250 g/mol. The van der Waals surface area contributed by atoms with Crippen molar-refractivity contribution in [3.05, 3.63) is 40.4 Å². The van der Waals surface area contributed by atoms with Gasteiger partial charge in [-0.15, -0.1) is 0 Å². The summed E-state index contributed by atoms with van der Waals surface area (Å²) < 4.78 is 4.82. The van der Waals surface area contributed by atoms with E-state index in [0.717, 1.165) is 5.56 Å². The minimum Gasteiger partial charge on any atom is -0.462 e. The van der Waals surface area contributed by atoms with Gasteiger partial charge in [-0.2, -0.15) is 5.26 Å². The Morgan fingerprint density at radius 1 is 1.53 bits per heavy atom. The van der Waals surface area contributed by atoms with Crippen LogP contribution in [0.3, 0.4) is 0 Å². The average Bonchev–Trinajstić information content (AvgIpc) is 2.30. The van der Waals surface area contributed by atoms with Crippen molar-refractivity contribution in [2.75, 3.05) is 6.61 Å². The molecule has 1 aromatic carbocycles. The second kappa shape index (κ2) is 6.07. The molecule has 0 amide bonds. The molecule has 0 aliphatic carbocycles. The zero-order valence-corrected chi connectivity index (χ0v) is 10.4. The topological polar surface area (TPSA) is 50.1 Å². The van der Waals surface area contributed by atoms with Gasteiger partial charge < -0.3 is 4.74 Å². The number of carbonyl (C=O) groups excluding carboxylic acids is 1. The smallest absolute Gasteiger partial charge is 0.349 e. The fourth-order valence-electron chi connectivity index (χ4n) is 1.35. The van der Waals surface area contributed by atoms with Crippen LogP contribution >= 0.6 is 11.6 Å². The molecule has 1 aromatic rings. The molecule has 0 saturated heterocycles. The first-order chi connectivity index (χ1) is 8.10. The van der Waals surface area contributed by atoms with E-state index >= 15 is 0 Å². The Morgan fingerprint density at radius 3 is 2.76 bits per heavy atom. The van der Waals surface area contributed by atoms with Gasteiger partial charge in [-0.1, -0.05) is 23.7 Å². The summed E-state index contributed by atoms with van der Waals surface area (Å²) in [6, 6.07) is 8.85. The quantitative estimate of drug-likeness (QED) is 0.470. The molecule has 0 bridgehead atoms. The largest absolute Gasteiger partial charge is 0.462 e. The van der Waals surface area contributed by atoms with Gasteiger partial charge >= 0.3 is 5.97 Å². The lowest BCUT2D eigenvalue weighted by Crippen LogP contribution is -2.08. The van der Waals surface area contributed by atoms with Gasteiger partial charge in [0.05, 0.1) is 6.61 Å². The summed E-state index contributed by atoms with van der Waals surface area (Å²) in [5.41, 5.74) is 1.31. The van der Waals surface area contributed by atoms with Gasteiger partial charge in [0, 0.05) is 5.02 Å². The number of nitriles is 1. The molecule has 0 unspecified atom stereocenters. The molecule has 0 N–H and O–H groups in total. The standard InChI is InChI=1S/C13H12ClNO2/c1-3-17-13(16)12(8-15)9(2)10-5-4-6-11(14)7-10/h4-7H,3H2,1-2H3. The van der Waals surface area contributed by atoms with Gasteiger partial charge in [-0.3, -0.25) is 0 Å². The summed E-state index contributed by atoms with van der Waals surface area (Å²) in [5, 5.41) is 9.54. The highest BCUT2D eigenvalue weighted by molar-refractivity contribution is 6.30. The van der Waals surface area contributed by atoms with Crippen LogP contribution in [0.5, 0.6) is 0 Å². The number of benzene rings is 1. The third-order valence-corrected chi connectivity index (χ3v) is 2.46. The Balaban J connectivity index is 3.18. The van der Waals surface area contributed by atoms with Crippen LogP contribution in [0.1, 0.15) is 19.4 Å². The Labute approximate surface area is 105 Å². The van der Waals surface area contributed by atoms with Gasteiger partial charge in [-0.05, 0) is 37.1 Å². The third kappa shape index (κ3) is 3.33. The van der Waals surface area contributed by atoms with Crippen LogP contribution in [0.4, 0.5) is 0 Å². The predicted octanol–water partition coefficient (Wildman–Crippen LogP) is 3.20. The lowest BCUT2D eigenvalue weighted by Gasteiger charge is -2.06. The Kier molecular flexibility index (Phi) is 4.74. The van der Waals surface area contributed by atoms with Crippen LogP contribution in [0.25, 0.3) is 5.57 Å². The summed E-state index contributed by atoms with van der Waals surface area (Å²) in [5.74, 6) is -0.604. The molecular weight excluding hydrogens is 238 g/mol. The molecule has 0 atom stereocenters. The van der Waals surface area contributed by atoms with E-state index in [9.17, 15) is 4.79 Å². The Hall–Kier alpha value is -1.79. The Morgan fingerprint density at radius 2 is 2.24 bits per heavy atom. The van der Waals surface area contributed by atoms with Crippen molar-refractivity contribution in [3.63, 3.8) is 0 Å². The van der Waals surface area contributed by atoms with E-state index in [-0.39, 0.29) is 12.2 Å². The van der Waals surface area contributed by atoms with Crippen LogP contribution in [0, 0.1) is 11.3 Å². The number of allylic oxidation sites excluding steroid dienone is 1. The van der Waals surface area contributed by atoms with Crippen molar-refractivity contribution in [3.8, 4) is 6.07 Å². The Bertz CT molecular complexity index is 500. The predicted molar refractivity (Wildman–Crippen MR) is 66.3 cm³/mol. The SMILES string of the molecule is CCOC(=O)C(C#N)=C(C)c1cccc(Cl)c1. The molecule has 1 rings (SSSR count). The molecule has 0 heterocycles. The number of halogens is 1. The van der Waals surface area contributed by atoms with Crippen LogP contribution in [-0.2, 0) is 9.53 Å². The van der Waals surface area contributed by atoms with E-state index < -0.39 is 5.97 Å². The maximum absolute atomic E-state index is 11.5. The van der Waals surface area contributed by atoms with Crippen molar-refractivity contribution in [2.24, 2.45) is 0 Å². The summed E-state index contributed by atoms with van der Waals surface area (Å²) in [6.07, 6.45) is 0. The number of hydrogen-bond acceptors (Lipinski definition) is 3. The first-order valence-corrected chi connectivity index (χ1v) is 5.52. The molecule has 0 spiro atoms. The highest BCUT2D eigenvalue weighted by Crippen LogP contribution is 2.21. The van der Waals surface area contributed by atoms with Gasteiger partial charge in [0.25, 0.3) is 0 Å². The number of nitrogens with zero attached hydrogens (tertiary/aromatic N) is 1. The molecule has 3 nitrogen and oxygen atoms in total. The van der Waals surface area contributed by atoms with E-state index in [1.54, 1.807) is 38.1 Å². The van der Waals surface area contributed by atoms with Gasteiger partial charge in [-0.25, -0.2) is 4.79 Å². The molecule has 4 heteroatoms. The van der Waals surface area contributed by atoms with Crippen LogP contribution in [0.15, 0.2) is 29.8 Å². The molecule has 0 saturated carbocycles. The van der Waals surface area contributed by atoms with Gasteiger partial charge in [0.2, 0.25) is 0 Å². The second-order valence-electron chi connectivity index (χ2n) is 3.34. The second-order valence-corrected chi connectivity index (χ2v) is 3.78. The molecular formula is C13H12ClNO2. The molecule has 0 radical (unpaired) electrons. The highest BCUT2D eigenvalue weighted by Gasteiger charge is 2.14. The maximum Gasteiger partial charge on any atom is 0.349 e. The fraction of sp³-hybridized carbons (Fsp3) is 0.231. The van der Waals surface area contributed by atoms with E-state index in [1.807, 2.05) is 6.07 Å². The van der Waals surface area contributed by atoms with E-state index in [1.165, 1.54) is 0 Å². The fourth-order valence-corrected chi connectivity index (χ4v) is 1.54. The van der Waals surface area contributed by atoms with Crippen molar-refractivity contribution < 1.29 is 9.53 Å². The normalized spacial score (nSPS) is 11.4. The van der Waals surface area contributed by atoms with Crippen LogP contribution in [-0.4, -0.2) is 12.6 Å². The number of esters is 1. The molecule has 0 aromatic heterocycles. The van der Waals surface area contributed by atoms with Gasteiger partial charge in [0.15, 0.2) is 0 Å². The first-order valence-electron chi connectivity index (χ1n) is 5.14. The number of ether oxygens (including phenoxy) is 1. The van der Waals surface area contributed by atoms with E-state index in [2.05, 4.69) is 0 Å². The summed E-state index contributed by atoms with van der Waals surface area (Å²) in [4.78, 5) is 11.5. The lowest BCUT2D eigenvalue weighted by molar-refractivity contribution is -0.137. The van der Waals surface area contributed by atoms with E-state index in [4.69, 9.17) is 21.6 Å². The highest BCUT2D eigenvalue weighted by atomic mass is 35.5. The molecule has 88 valence electrons. The summed E-state index contributed by atoms with van der Waals surface area (Å²) in [7, 11) is 0. The summed E-state index contributed by atoms with van der Waals surface area (Å²) in [6.45, 7) is 3.63. The van der Waals surface area contributed by atoms with Crippen molar-refractivity contribution in [2.45, 2.75) is 13.8 Å².